The topological polar surface area (TPSA) is 83.8 Å². The number of amides is 1. The molecular weight excluding hydrogens is 423 g/mol. The Kier molecular flexibility index (Phi) is 5.28. The van der Waals surface area contributed by atoms with Gasteiger partial charge in [-0.05, 0) is 40.9 Å². The van der Waals surface area contributed by atoms with E-state index < -0.39 is 10.9 Å². The van der Waals surface area contributed by atoms with Crippen LogP contribution in [0, 0.1) is 6.07 Å². The molecule has 2 aromatic heterocycles. The Bertz CT molecular complexity index is 1320. The Morgan fingerprint density at radius 2 is 2.03 bits per heavy atom. The number of benzene rings is 1. The van der Waals surface area contributed by atoms with Gasteiger partial charge in [-0.3, -0.25) is 4.79 Å². The molecule has 0 bridgehead atoms. The molecular formula is C22H17MnN4O3-. The zero-order valence-electron chi connectivity index (χ0n) is 15.9. The summed E-state index contributed by atoms with van der Waals surface area (Å²) in [6, 6.07) is 12.3. The van der Waals surface area contributed by atoms with Crippen molar-refractivity contribution in [3.8, 4) is 0 Å². The van der Waals surface area contributed by atoms with Crippen LogP contribution >= 0.6 is 0 Å². The van der Waals surface area contributed by atoms with Crippen LogP contribution < -0.4 is 21.1 Å². The molecule has 151 valence electrons. The van der Waals surface area contributed by atoms with Crippen LogP contribution in [0.4, 0.5) is 5.69 Å². The predicted octanol–water partition coefficient (Wildman–Crippen LogP) is 1.22. The van der Waals surface area contributed by atoms with Gasteiger partial charge in [-0.15, -0.1) is 6.07 Å². The third kappa shape index (κ3) is 3.56. The monoisotopic (exact) mass is 440 g/mol. The van der Waals surface area contributed by atoms with Gasteiger partial charge in [0.15, 0.2) is 0 Å². The van der Waals surface area contributed by atoms with E-state index >= 15 is 0 Å². The number of hydrogen-bond acceptors (Lipinski definition) is 5. The fourth-order valence-electron chi connectivity index (χ4n) is 3.74. The number of anilines is 1. The first-order valence-electron chi connectivity index (χ1n) is 9.38. The van der Waals surface area contributed by atoms with E-state index in [0.29, 0.717) is 30.9 Å². The maximum absolute atomic E-state index is 12.5. The quantitative estimate of drug-likeness (QED) is 0.293. The molecule has 0 spiro atoms. The van der Waals surface area contributed by atoms with Crippen LogP contribution in [0.3, 0.4) is 0 Å². The predicted molar refractivity (Wildman–Crippen MR) is 108 cm³/mol. The molecule has 1 amide bonds. The summed E-state index contributed by atoms with van der Waals surface area (Å²) < 4.78 is 1.81. The number of nitrogens with one attached hydrogen (secondary N) is 1. The fraction of sp³-hybridized carbons (Fsp3) is 0.182. The van der Waals surface area contributed by atoms with Gasteiger partial charge in [-0.2, -0.15) is 0 Å². The standard InChI is InChI=1S/C22H17N4O3.Mn/c27-19-10-18(21(19)28)25-7-5-15-2-1-14(9-17(15)13-25)11-24-22(29)16-3-4-20-23-6-8-26(20)12-16;/h1-4,6,8-9,12H,5,7,11,13H2,(H,24,29);/q-1;. The molecule has 0 atom stereocenters. The molecule has 1 aliphatic heterocycles. The Morgan fingerprint density at radius 3 is 2.83 bits per heavy atom. The summed E-state index contributed by atoms with van der Waals surface area (Å²) in [4.78, 5) is 41.4. The third-order valence-electron chi connectivity index (χ3n) is 5.36. The van der Waals surface area contributed by atoms with E-state index in [4.69, 9.17) is 0 Å². The van der Waals surface area contributed by atoms with Gasteiger partial charge < -0.3 is 24.2 Å². The molecule has 8 heteroatoms. The van der Waals surface area contributed by atoms with Gasteiger partial charge in [0.25, 0.3) is 5.91 Å². The van der Waals surface area contributed by atoms with E-state index in [-0.39, 0.29) is 23.0 Å². The molecule has 0 fully saturated rings. The number of rotatable bonds is 4. The van der Waals surface area contributed by atoms with Gasteiger partial charge in [0.2, 0.25) is 0 Å². The number of carbonyl (C=O) groups excluding carboxylic acids is 1. The van der Waals surface area contributed by atoms with E-state index in [1.54, 1.807) is 35.1 Å². The van der Waals surface area contributed by atoms with Crippen molar-refractivity contribution >= 4 is 17.2 Å². The Hall–Kier alpha value is -3.22. The summed E-state index contributed by atoms with van der Waals surface area (Å²) in [6.07, 6.45) is 6.05. The summed E-state index contributed by atoms with van der Waals surface area (Å²) in [5.41, 5.74) is 4.05. The summed E-state index contributed by atoms with van der Waals surface area (Å²) in [7, 11) is 0. The van der Waals surface area contributed by atoms with Crippen molar-refractivity contribution in [1.82, 2.24) is 14.7 Å². The molecule has 0 unspecified atom stereocenters. The van der Waals surface area contributed by atoms with E-state index in [2.05, 4.69) is 22.4 Å². The van der Waals surface area contributed by atoms with Crippen LogP contribution in [0.5, 0.6) is 0 Å². The molecule has 1 radical (unpaired) electrons. The maximum atomic E-state index is 12.5. The Morgan fingerprint density at radius 1 is 1.17 bits per heavy atom. The Labute approximate surface area is 182 Å². The van der Waals surface area contributed by atoms with E-state index in [1.807, 2.05) is 17.0 Å². The number of aromatic nitrogens is 2. The van der Waals surface area contributed by atoms with E-state index in [9.17, 15) is 14.4 Å². The van der Waals surface area contributed by atoms with E-state index in [0.717, 1.165) is 23.2 Å². The summed E-state index contributed by atoms with van der Waals surface area (Å²) in [5, 5.41) is 2.95. The average molecular weight is 440 g/mol. The van der Waals surface area contributed by atoms with Crippen molar-refractivity contribution in [1.29, 1.82) is 0 Å². The SMILES string of the molecule is O=C(NCc1ccc2c(c1)CN(c1[c-]c(=O)c1=O)CC2)c1ccc2nccn2c1.[Mn]. The molecule has 1 N–H and O–H groups in total. The van der Waals surface area contributed by atoms with Gasteiger partial charge in [-0.25, -0.2) is 4.98 Å². The number of imidazole rings is 1. The van der Waals surface area contributed by atoms with Crippen LogP contribution in [0.1, 0.15) is 27.0 Å². The van der Waals surface area contributed by atoms with Crippen molar-refractivity contribution in [3.05, 3.63) is 97.7 Å². The first-order valence-corrected chi connectivity index (χ1v) is 9.38. The number of fused-ring (bicyclic) bond motifs is 2. The van der Waals surface area contributed by atoms with Crippen molar-refractivity contribution in [2.24, 2.45) is 0 Å². The molecule has 0 saturated carbocycles. The fourth-order valence-corrected chi connectivity index (χ4v) is 3.74. The number of pyridine rings is 1. The van der Waals surface area contributed by atoms with Crippen molar-refractivity contribution in [2.45, 2.75) is 19.5 Å². The molecule has 0 saturated heterocycles. The van der Waals surface area contributed by atoms with Gasteiger partial charge in [-0.1, -0.05) is 18.2 Å². The minimum Gasteiger partial charge on any atom is -0.385 e. The number of carbonyl (C=O) groups is 1. The zero-order valence-corrected chi connectivity index (χ0v) is 17.1. The van der Waals surface area contributed by atoms with Crippen LogP contribution in [0.15, 0.2) is 58.5 Å². The first kappa shape index (κ1) is 20.1. The second kappa shape index (κ2) is 7.89. The van der Waals surface area contributed by atoms with Crippen molar-refractivity contribution in [3.63, 3.8) is 0 Å². The molecule has 4 aromatic rings. The zero-order chi connectivity index (χ0) is 20.0. The van der Waals surface area contributed by atoms with Crippen molar-refractivity contribution in [2.75, 3.05) is 11.4 Å². The molecule has 2 aromatic carbocycles. The largest absolute Gasteiger partial charge is 0.385 e. The first-order chi connectivity index (χ1) is 14.1. The molecule has 1 aliphatic rings. The molecule has 3 heterocycles. The van der Waals surface area contributed by atoms with Crippen LogP contribution in [-0.2, 0) is 36.6 Å². The molecule has 30 heavy (non-hydrogen) atoms. The van der Waals surface area contributed by atoms with Gasteiger partial charge >= 0.3 is 0 Å². The minimum atomic E-state index is -0.545. The van der Waals surface area contributed by atoms with Crippen LogP contribution in [-0.4, -0.2) is 21.8 Å². The average Bonchev–Trinajstić information content (AvgIpc) is 3.22. The molecule has 5 rings (SSSR count). The summed E-state index contributed by atoms with van der Waals surface area (Å²) in [6.45, 7) is 1.66. The second-order valence-corrected chi connectivity index (χ2v) is 7.20. The van der Waals surface area contributed by atoms with Crippen LogP contribution in [0.2, 0.25) is 0 Å². The Balaban J connectivity index is 0.00000218. The summed E-state index contributed by atoms with van der Waals surface area (Å²) in [5.74, 6) is -0.154. The normalized spacial score (nSPS) is 13.1. The van der Waals surface area contributed by atoms with Gasteiger partial charge in [0.05, 0.1) is 5.56 Å². The maximum Gasteiger partial charge on any atom is 0.253 e. The minimum absolute atomic E-state index is 0. The number of hydrogen-bond donors (Lipinski definition) is 1. The van der Waals surface area contributed by atoms with Crippen LogP contribution in [0.25, 0.3) is 5.65 Å². The smallest absolute Gasteiger partial charge is 0.253 e. The molecule has 0 aliphatic carbocycles. The summed E-state index contributed by atoms with van der Waals surface area (Å²) >= 11 is 0. The second-order valence-electron chi connectivity index (χ2n) is 7.20. The van der Waals surface area contributed by atoms with Gasteiger partial charge in [0.1, 0.15) is 16.5 Å². The number of nitrogens with zero attached hydrogens (tertiary/aromatic N) is 3. The third-order valence-corrected chi connectivity index (χ3v) is 5.36. The van der Waals surface area contributed by atoms with Crippen molar-refractivity contribution < 1.29 is 21.9 Å². The van der Waals surface area contributed by atoms with E-state index in [1.165, 1.54) is 5.56 Å². The van der Waals surface area contributed by atoms with Gasteiger partial charge in [0, 0.05) is 55.3 Å². The molecule has 7 nitrogen and oxygen atoms in total.